The number of rotatable bonds is 5. The number of hydrogen-bond donors (Lipinski definition) is 2. The Bertz CT molecular complexity index is 592. The minimum atomic E-state index is -0.113. The molecule has 0 amide bonds. The van der Waals surface area contributed by atoms with Gasteiger partial charge >= 0.3 is 0 Å². The van der Waals surface area contributed by atoms with E-state index in [1.165, 1.54) is 11.6 Å². The van der Waals surface area contributed by atoms with Gasteiger partial charge in [0, 0.05) is 23.1 Å². The number of H-pyrrole nitrogens is 1. The van der Waals surface area contributed by atoms with Gasteiger partial charge < -0.3 is 10.7 Å². The quantitative estimate of drug-likeness (QED) is 0.817. The molecular weight excluding hydrogens is 258 g/mol. The minimum Gasteiger partial charge on any atom is -0.330 e. The molecule has 3 N–H and O–H groups in total. The van der Waals surface area contributed by atoms with Crippen LogP contribution in [-0.2, 0) is 12.2 Å². The molecule has 0 saturated carbocycles. The maximum Gasteiger partial charge on any atom is 0.251 e. The Labute approximate surface area is 116 Å². The van der Waals surface area contributed by atoms with Gasteiger partial charge in [-0.15, -0.1) is 11.8 Å². The van der Waals surface area contributed by atoms with E-state index in [1.807, 2.05) is 0 Å². The second-order valence-electron chi connectivity index (χ2n) is 4.32. The molecule has 0 bridgehead atoms. The zero-order valence-corrected chi connectivity index (χ0v) is 11.7. The van der Waals surface area contributed by atoms with Gasteiger partial charge in [0.25, 0.3) is 5.56 Å². The number of benzene rings is 1. The first-order valence-corrected chi connectivity index (χ1v) is 7.14. The Morgan fingerprint density at radius 3 is 2.74 bits per heavy atom. The summed E-state index contributed by atoms with van der Waals surface area (Å²) in [5, 5.41) is 0. The van der Waals surface area contributed by atoms with Crippen LogP contribution in [0.25, 0.3) is 0 Å². The van der Waals surface area contributed by atoms with Crippen LogP contribution in [0.5, 0.6) is 0 Å². The van der Waals surface area contributed by atoms with Gasteiger partial charge in [-0.2, -0.15) is 0 Å². The lowest BCUT2D eigenvalue weighted by Crippen LogP contribution is -2.14. The molecule has 0 radical (unpaired) electrons. The summed E-state index contributed by atoms with van der Waals surface area (Å²) in [7, 11) is 0. The lowest BCUT2D eigenvalue weighted by Gasteiger charge is -2.04. The van der Waals surface area contributed by atoms with Crippen molar-refractivity contribution in [3.05, 3.63) is 57.8 Å². The number of nitrogens with zero attached hydrogens (tertiary/aromatic N) is 1. The first-order chi connectivity index (χ1) is 9.17. The summed E-state index contributed by atoms with van der Waals surface area (Å²) in [6.45, 7) is 2.56. The predicted octanol–water partition coefficient (Wildman–Crippen LogP) is 1.87. The Kier molecular flexibility index (Phi) is 4.76. The summed E-state index contributed by atoms with van der Waals surface area (Å²) in [5.41, 5.74) is 7.36. The number of aromatic nitrogens is 2. The molecule has 0 aliphatic heterocycles. The van der Waals surface area contributed by atoms with Crippen LogP contribution in [0.4, 0.5) is 0 Å². The molecular formula is C14H17N3OS. The molecule has 0 atom stereocenters. The summed E-state index contributed by atoms with van der Waals surface area (Å²) in [6, 6.07) is 9.79. The van der Waals surface area contributed by atoms with Gasteiger partial charge in [-0.25, -0.2) is 4.98 Å². The maximum absolute atomic E-state index is 11.5. The summed E-state index contributed by atoms with van der Waals surface area (Å²) in [5.74, 6) is 1.35. The molecule has 1 aromatic carbocycles. The minimum absolute atomic E-state index is 0.113. The average Bonchev–Trinajstić information content (AvgIpc) is 2.38. The van der Waals surface area contributed by atoms with Crippen LogP contribution in [0.15, 0.2) is 40.0 Å². The van der Waals surface area contributed by atoms with E-state index in [1.54, 1.807) is 11.8 Å². The maximum atomic E-state index is 11.5. The van der Waals surface area contributed by atoms with Gasteiger partial charge in [-0.1, -0.05) is 17.7 Å². The summed E-state index contributed by atoms with van der Waals surface area (Å²) >= 11 is 1.65. The third kappa shape index (κ3) is 4.22. The Hall–Kier alpha value is -1.59. The first kappa shape index (κ1) is 13.8. The van der Waals surface area contributed by atoms with Crippen molar-refractivity contribution in [1.82, 2.24) is 9.97 Å². The van der Waals surface area contributed by atoms with Gasteiger partial charge in [-0.05, 0) is 25.6 Å². The third-order valence-corrected chi connectivity index (χ3v) is 3.66. The van der Waals surface area contributed by atoms with E-state index in [9.17, 15) is 4.79 Å². The molecule has 1 heterocycles. The normalized spacial score (nSPS) is 10.6. The number of aryl methyl sites for hydroxylation is 1. The van der Waals surface area contributed by atoms with Crippen LogP contribution in [0.1, 0.15) is 17.1 Å². The molecule has 0 spiro atoms. The Balaban J connectivity index is 2.06. The first-order valence-electron chi connectivity index (χ1n) is 6.16. The third-order valence-electron chi connectivity index (χ3n) is 2.64. The lowest BCUT2D eigenvalue weighted by molar-refractivity contribution is 0.872. The number of thioether (sulfide) groups is 1. The van der Waals surface area contributed by atoms with Crippen LogP contribution < -0.4 is 11.3 Å². The molecule has 2 rings (SSSR count). The Morgan fingerprint density at radius 1 is 1.32 bits per heavy atom. The molecule has 5 heteroatoms. The van der Waals surface area contributed by atoms with Gasteiger partial charge in [0.2, 0.25) is 0 Å². The van der Waals surface area contributed by atoms with Crippen molar-refractivity contribution in [2.24, 2.45) is 5.73 Å². The van der Waals surface area contributed by atoms with Crippen LogP contribution in [0.3, 0.4) is 0 Å². The molecule has 100 valence electrons. The highest BCUT2D eigenvalue weighted by molar-refractivity contribution is 7.98. The predicted molar refractivity (Wildman–Crippen MR) is 78.4 cm³/mol. The highest BCUT2D eigenvalue weighted by Crippen LogP contribution is 2.21. The molecule has 4 nitrogen and oxygen atoms in total. The van der Waals surface area contributed by atoms with Crippen LogP contribution in [0.2, 0.25) is 0 Å². The van der Waals surface area contributed by atoms with Gasteiger partial charge in [-0.3, -0.25) is 4.79 Å². The number of aromatic amines is 1. The van der Waals surface area contributed by atoms with Crippen molar-refractivity contribution in [2.75, 3.05) is 6.54 Å². The summed E-state index contributed by atoms with van der Waals surface area (Å²) in [6.07, 6.45) is 0.631. The fourth-order valence-electron chi connectivity index (χ4n) is 1.69. The SMILES string of the molecule is Cc1ccc(SCc2nc(CCN)cc(=O)[nH]2)cc1. The van der Waals surface area contributed by atoms with Gasteiger partial charge in [0.15, 0.2) is 0 Å². The smallest absolute Gasteiger partial charge is 0.251 e. The standard InChI is InChI=1S/C14H17N3OS/c1-10-2-4-12(5-3-10)19-9-13-16-11(6-7-15)8-14(18)17-13/h2-5,8H,6-7,9,15H2,1H3,(H,16,17,18). The topological polar surface area (TPSA) is 71.8 Å². The fraction of sp³-hybridized carbons (Fsp3) is 0.286. The highest BCUT2D eigenvalue weighted by Gasteiger charge is 2.02. The largest absolute Gasteiger partial charge is 0.330 e. The van der Waals surface area contributed by atoms with Crippen molar-refractivity contribution in [2.45, 2.75) is 24.0 Å². The molecule has 0 aliphatic rings. The van der Waals surface area contributed by atoms with Gasteiger partial charge in [0.05, 0.1) is 5.75 Å². The number of hydrogen-bond acceptors (Lipinski definition) is 4. The van der Waals surface area contributed by atoms with E-state index >= 15 is 0 Å². The van der Waals surface area contributed by atoms with E-state index in [0.717, 1.165) is 10.6 Å². The van der Waals surface area contributed by atoms with E-state index < -0.39 is 0 Å². The Morgan fingerprint density at radius 2 is 2.05 bits per heavy atom. The number of nitrogens with one attached hydrogen (secondary N) is 1. The fourth-order valence-corrected chi connectivity index (χ4v) is 2.46. The summed E-state index contributed by atoms with van der Waals surface area (Å²) < 4.78 is 0. The van der Waals surface area contributed by atoms with Crippen molar-refractivity contribution in [3.63, 3.8) is 0 Å². The number of nitrogens with two attached hydrogens (primary N) is 1. The molecule has 1 aromatic heterocycles. The van der Waals surface area contributed by atoms with E-state index in [0.29, 0.717) is 24.5 Å². The van der Waals surface area contributed by atoms with Crippen molar-refractivity contribution in [1.29, 1.82) is 0 Å². The molecule has 0 saturated heterocycles. The van der Waals surface area contributed by atoms with Crippen LogP contribution in [-0.4, -0.2) is 16.5 Å². The van der Waals surface area contributed by atoms with E-state index in [2.05, 4.69) is 41.2 Å². The molecule has 2 aromatic rings. The van der Waals surface area contributed by atoms with Crippen molar-refractivity contribution >= 4 is 11.8 Å². The second kappa shape index (κ2) is 6.54. The molecule has 0 aliphatic carbocycles. The highest BCUT2D eigenvalue weighted by atomic mass is 32.2. The van der Waals surface area contributed by atoms with E-state index in [4.69, 9.17) is 5.73 Å². The average molecular weight is 275 g/mol. The van der Waals surface area contributed by atoms with Crippen LogP contribution >= 0.6 is 11.8 Å². The van der Waals surface area contributed by atoms with Crippen molar-refractivity contribution in [3.8, 4) is 0 Å². The monoisotopic (exact) mass is 275 g/mol. The zero-order chi connectivity index (χ0) is 13.7. The van der Waals surface area contributed by atoms with Crippen molar-refractivity contribution < 1.29 is 0 Å². The molecule has 0 fully saturated rings. The lowest BCUT2D eigenvalue weighted by atomic mass is 10.2. The second-order valence-corrected chi connectivity index (χ2v) is 5.37. The summed E-state index contributed by atoms with van der Waals surface area (Å²) in [4.78, 5) is 19.8. The molecule has 0 unspecified atom stereocenters. The van der Waals surface area contributed by atoms with Crippen LogP contribution in [0, 0.1) is 6.92 Å². The molecule has 19 heavy (non-hydrogen) atoms. The van der Waals surface area contributed by atoms with E-state index in [-0.39, 0.29) is 5.56 Å². The van der Waals surface area contributed by atoms with Gasteiger partial charge in [0.1, 0.15) is 5.82 Å². The zero-order valence-electron chi connectivity index (χ0n) is 10.8.